The summed E-state index contributed by atoms with van der Waals surface area (Å²) in [5, 5.41) is 2.02. The Labute approximate surface area is 123 Å². The van der Waals surface area contributed by atoms with Crippen molar-refractivity contribution < 1.29 is 26.3 Å². The van der Waals surface area contributed by atoms with Crippen molar-refractivity contribution in [2.24, 2.45) is 0 Å². The Bertz CT molecular complexity index is 675. The molecule has 0 aliphatic carbocycles. The second kappa shape index (κ2) is 5.97. The summed E-state index contributed by atoms with van der Waals surface area (Å²) in [6, 6.07) is 3.81. The first-order valence-corrected chi connectivity index (χ1v) is 6.31. The number of anilines is 1. The molecule has 0 heterocycles. The van der Waals surface area contributed by atoms with Crippen LogP contribution < -0.4 is 5.32 Å². The molecule has 112 valence electrons. The zero-order valence-corrected chi connectivity index (χ0v) is 11.7. The van der Waals surface area contributed by atoms with Crippen LogP contribution in [0.2, 0.25) is 0 Å². The van der Waals surface area contributed by atoms with Crippen molar-refractivity contribution in [2.75, 3.05) is 5.32 Å². The molecular weight excluding hydrogens is 364 g/mol. The molecule has 0 aliphatic heterocycles. The van der Waals surface area contributed by atoms with Crippen LogP contribution in [0.5, 0.6) is 0 Å². The van der Waals surface area contributed by atoms with E-state index in [9.17, 15) is 26.3 Å². The van der Waals surface area contributed by atoms with Crippen molar-refractivity contribution in [2.45, 2.75) is 6.54 Å². The van der Waals surface area contributed by atoms with Crippen LogP contribution in [0.15, 0.2) is 22.7 Å². The molecule has 1 nitrogen and oxygen atoms in total. The first-order valence-electron chi connectivity index (χ1n) is 5.52. The summed E-state index contributed by atoms with van der Waals surface area (Å²) >= 11 is 3.07. The van der Waals surface area contributed by atoms with Crippen LogP contribution in [-0.2, 0) is 6.54 Å². The van der Waals surface area contributed by atoms with E-state index < -0.39 is 47.1 Å². The van der Waals surface area contributed by atoms with Gasteiger partial charge in [-0.1, -0.05) is 15.9 Å². The molecule has 0 aromatic heterocycles. The van der Waals surface area contributed by atoms with E-state index in [1.165, 1.54) is 12.1 Å². The Morgan fingerprint density at radius 3 is 1.90 bits per heavy atom. The predicted octanol–water partition coefficient (Wildman–Crippen LogP) is 4.90. The zero-order valence-electron chi connectivity index (χ0n) is 10.1. The first-order chi connectivity index (χ1) is 9.82. The third-order valence-electron chi connectivity index (χ3n) is 2.67. The lowest BCUT2D eigenvalue weighted by Gasteiger charge is -2.11. The van der Waals surface area contributed by atoms with Gasteiger partial charge in [0, 0.05) is 16.6 Å². The van der Waals surface area contributed by atoms with Crippen LogP contribution >= 0.6 is 15.9 Å². The minimum absolute atomic E-state index is 0.00619. The van der Waals surface area contributed by atoms with Gasteiger partial charge in [0.1, 0.15) is 11.5 Å². The molecule has 0 spiro atoms. The van der Waals surface area contributed by atoms with Gasteiger partial charge < -0.3 is 5.32 Å². The molecule has 0 bridgehead atoms. The number of hydrogen-bond acceptors (Lipinski definition) is 1. The Hall–Kier alpha value is -1.70. The number of benzene rings is 2. The maximum absolute atomic E-state index is 13.4. The summed E-state index contributed by atoms with van der Waals surface area (Å²) in [5.41, 5.74) is -1.21. The van der Waals surface area contributed by atoms with E-state index in [1.54, 1.807) is 0 Å². The van der Waals surface area contributed by atoms with Gasteiger partial charge in [-0.15, -0.1) is 0 Å². The molecule has 21 heavy (non-hydrogen) atoms. The van der Waals surface area contributed by atoms with Gasteiger partial charge in [-0.3, -0.25) is 0 Å². The average Bonchev–Trinajstić information content (AvgIpc) is 2.46. The van der Waals surface area contributed by atoms with Gasteiger partial charge in [0.15, 0.2) is 23.3 Å². The highest BCUT2D eigenvalue weighted by Crippen LogP contribution is 2.28. The number of rotatable bonds is 3. The van der Waals surface area contributed by atoms with Crippen LogP contribution in [0.25, 0.3) is 0 Å². The van der Waals surface area contributed by atoms with E-state index in [4.69, 9.17) is 0 Å². The van der Waals surface area contributed by atoms with Gasteiger partial charge in [-0.25, -0.2) is 26.3 Å². The summed E-state index contributed by atoms with van der Waals surface area (Å²) < 4.78 is 79.6. The lowest BCUT2D eigenvalue weighted by molar-refractivity contribution is 0.381. The van der Waals surface area contributed by atoms with E-state index in [-0.39, 0.29) is 5.56 Å². The van der Waals surface area contributed by atoms with Crippen molar-refractivity contribution in [1.82, 2.24) is 0 Å². The summed E-state index contributed by atoms with van der Waals surface area (Å²) in [4.78, 5) is 0. The van der Waals surface area contributed by atoms with Crippen LogP contribution in [0.1, 0.15) is 5.56 Å². The lowest BCUT2D eigenvalue weighted by Crippen LogP contribution is -2.10. The molecule has 0 aliphatic rings. The topological polar surface area (TPSA) is 12.0 Å². The summed E-state index contributed by atoms with van der Waals surface area (Å²) in [6.07, 6.45) is 0. The highest BCUT2D eigenvalue weighted by atomic mass is 79.9. The molecule has 2 aromatic rings. The maximum Gasteiger partial charge on any atom is 0.200 e. The molecule has 0 fully saturated rings. The fourth-order valence-electron chi connectivity index (χ4n) is 1.62. The second-order valence-electron chi connectivity index (χ2n) is 4.03. The molecule has 8 heteroatoms. The predicted molar refractivity (Wildman–Crippen MR) is 67.7 cm³/mol. The van der Waals surface area contributed by atoms with Crippen LogP contribution in [0.3, 0.4) is 0 Å². The molecular formula is C13H6BrF6N. The SMILES string of the molecule is Fc1ccc(Br)cc1CNc1c(F)c(F)c(F)c(F)c1F. The van der Waals surface area contributed by atoms with Crippen LogP contribution in [0, 0.1) is 34.9 Å². The van der Waals surface area contributed by atoms with Gasteiger partial charge in [-0.2, -0.15) is 0 Å². The smallest absolute Gasteiger partial charge is 0.200 e. The van der Waals surface area contributed by atoms with Crippen molar-refractivity contribution in [1.29, 1.82) is 0 Å². The van der Waals surface area contributed by atoms with E-state index in [0.717, 1.165) is 6.07 Å². The molecule has 1 N–H and O–H groups in total. The molecule has 0 unspecified atom stereocenters. The van der Waals surface area contributed by atoms with E-state index in [1.807, 2.05) is 5.32 Å². The number of nitrogens with one attached hydrogen (secondary N) is 1. The summed E-state index contributed by atoms with van der Waals surface area (Å²) in [5.74, 6) is -11.1. The molecule has 0 amide bonds. The van der Waals surface area contributed by atoms with E-state index in [0.29, 0.717) is 4.47 Å². The minimum atomic E-state index is -2.25. The maximum atomic E-state index is 13.4. The Kier molecular flexibility index (Phi) is 4.46. The largest absolute Gasteiger partial charge is 0.376 e. The van der Waals surface area contributed by atoms with Crippen molar-refractivity contribution >= 4 is 21.6 Å². The minimum Gasteiger partial charge on any atom is -0.376 e. The van der Waals surface area contributed by atoms with Crippen molar-refractivity contribution in [3.05, 3.63) is 63.1 Å². The standard InChI is InChI=1S/C13H6BrF6N/c14-6-1-2-7(15)5(3-6)4-21-13-11(19)9(17)8(16)10(18)12(13)20/h1-3,21H,4H2. The zero-order chi connectivity index (χ0) is 15.7. The van der Waals surface area contributed by atoms with E-state index in [2.05, 4.69) is 15.9 Å². The molecule has 0 saturated heterocycles. The molecule has 2 rings (SSSR count). The van der Waals surface area contributed by atoms with Crippen molar-refractivity contribution in [3.8, 4) is 0 Å². The first kappa shape index (κ1) is 15.7. The lowest BCUT2D eigenvalue weighted by atomic mass is 10.2. The highest BCUT2D eigenvalue weighted by Gasteiger charge is 2.25. The average molecular weight is 370 g/mol. The second-order valence-corrected chi connectivity index (χ2v) is 4.95. The monoisotopic (exact) mass is 369 g/mol. The van der Waals surface area contributed by atoms with Gasteiger partial charge in [0.25, 0.3) is 0 Å². The molecule has 0 saturated carbocycles. The van der Waals surface area contributed by atoms with Gasteiger partial charge in [0.2, 0.25) is 5.82 Å². The fourth-order valence-corrected chi connectivity index (χ4v) is 2.03. The van der Waals surface area contributed by atoms with Gasteiger partial charge in [-0.05, 0) is 18.2 Å². The Morgan fingerprint density at radius 1 is 0.810 bits per heavy atom. The molecule has 2 aromatic carbocycles. The Balaban J connectivity index is 2.35. The van der Waals surface area contributed by atoms with E-state index >= 15 is 0 Å². The summed E-state index contributed by atoms with van der Waals surface area (Å²) in [7, 11) is 0. The van der Waals surface area contributed by atoms with Crippen LogP contribution in [-0.4, -0.2) is 0 Å². The number of hydrogen-bond donors (Lipinski definition) is 1. The highest BCUT2D eigenvalue weighted by molar-refractivity contribution is 9.10. The summed E-state index contributed by atoms with van der Waals surface area (Å²) in [6.45, 7) is -0.455. The Morgan fingerprint density at radius 2 is 1.33 bits per heavy atom. The third kappa shape index (κ3) is 2.99. The van der Waals surface area contributed by atoms with Gasteiger partial charge >= 0.3 is 0 Å². The van der Waals surface area contributed by atoms with Crippen molar-refractivity contribution in [3.63, 3.8) is 0 Å². The number of halogens is 7. The van der Waals surface area contributed by atoms with Crippen LogP contribution in [0.4, 0.5) is 32.0 Å². The molecule has 0 radical (unpaired) electrons. The quantitative estimate of drug-likeness (QED) is 0.461. The molecule has 0 atom stereocenters. The van der Waals surface area contributed by atoms with Gasteiger partial charge in [0.05, 0.1) is 0 Å². The fraction of sp³-hybridized carbons (Fsp3) is 0.0769. The normalized spacial score (nSPS) is 10.8. The third-order valence-corrected chi connectivity index (χ3v) is 3.17.